The van der Waals surface area contributed by atoms with Gasteiger partial charge in [-0.2, -0.15) is 0 Å². The average Bonchev–Trinajstić information content (AvgIpc) is 2.91. The van der Waals surface area contributed by atoms with Crippen LogP contribution in [-0.2, 0) is 6.42 Å². The molecule has 1 atom stereocenters. The predicted molar refractivity (Wildman–Crippen MR) is 75.7 cm³/mol. The van der Waals surface area contributed by atoms with Crippen molar-refractivity contribution in [1.29, 1.82) is 0 Å². The molecule has 0 aliphatic carbocycles. The smallest absolute Gasteiger partial charge is 0.0309 e. The lowest BCUT2D eigenvalue weighted by molar-refractivity contribution is 0.110. The largest absolute Gasteiger partial charge is 0.315 e. The van der Waals surface area contributed by atoms with Gasteiger partial charge in [-0.1, -0.05) is 0 Å². The fourth-order valence-corrected chi connectivity index (χ4v) is 2.97. The van der Waals surface area contributed by atoms with E-state index in [4.69, 9.17) is 0 Å². The van der Waals surface area contributed by atoms with Gasteiger partial charge in [0.25, 0.3) is 0 Å². The van der Waals surface area contributed by atoms with E-state index in [0.29, 0.717) is 6.04 Å². The molecule has 1 aromatic heterocycles. The summed E-state index contributed by atoms with van der Waals surface area (Å²) >= 11 is 0. The van der Waals surface area contributed by atoms with Crippen molar-refractivity contribution in [3.8, 4) is 0 Å². The Hall–Kier alpha value is -0.930. The minimum Gasteiger partial charge on any atom is -0.315 e. The third-order valence-electron chi connectivity index (χ3n) is 4.31. The summed E-state index contributed by atoms with van der Waals surface area (Å²) in [5.74, 6) is 0. The molecule has 0 amide bonds. The summed E-state index contributed by atoms with van der Waals surface area (Å²) in [6, 6.07) is 4.70. The summed E-state index contributed by atoms with van der Waals surface area (Å²) in [4.78, 5) is 6.71. The summed E-state index contributed by atoms with van der Waals surface area (Å²) in [5, 5.41) is 3.51. The van der Waals surface area contributed by atoms with Gasteiger partial charge in [0, 0.05) is 24.0 Å². The molecule has 1 N–H and O–H groups in total. The molecule has 2 heterocycles. The Labute approximate surface area is 111 Å². The first-order valence-electron chi connectivity index (χ1n) is 6.96. The van der Waals surface area contributed by atoms with Gasteiger partial charge < -0.3 is 5.32 Å². The standard InChI is InChI=1S/C15H25N3/c1-15(2,18-10-4-5-11-18)14(16-3)12-13-6-8-17-9-7-13/h6-9,14,16H,4-5,10-12H2,1-3H3. The molecule has 3 heteroatoms. The number of rotatable bonds is 5. The van der Waals surface area contributed by atoms with Gasteiger partial charge in [-0.3, -0.25) is 9.88 Å². The number of likely N-dealkylation sites (N-methyl/N-ethyl adjacent to an activating group) is 1. The van der Waals surface area contributed by atoms with Crippen molar-refractivity contribution < 1.29 is 0 Å². The molecule has 0 saturated carbocycles. The van der Waals surface area contributed by atoms with Crippen molar-refractivity contribution in [2.45, 2.75) is 44.7 Å². The Balaban J connectivity index is 2.07. The minimum absolute atomic E-state index is 0.203. The molecule has 1 aliphatic rings. The van der Waals surface area contributed by atoms with E-state index in [2.05, 4.69) is 48.2 Å². The Kier molecular flexibility index (Phi) is 4.36. The predicted octanol–water partition coefficient (Wildman–Crippen LogP) is 2.09. The van der Waals surface area contributed by atoms with Crippen molar-refractivity contribution in [2.24, 2.45) is 0 Å². The normalized spacial score (nSPS) is 19.1. The first-order valence-corrected chi connectivity index (χ1v) is 6.96. The van der Waals surface area contributed by atoms with Crippen molar-refractivity contribution in [3.05, 3.63) is 30.1 Å². The molecule has 0 bridgehead atoms. The zero-order chi connectivity index (χ0) is 13.0. The first kappa shape index (κ1) is 13.5. The topological polar surface area (TPSA) is 28.2 Å². The molecule has 0 aromatic carbocycles. The Morgan fingerprint density at radius 2 is 1.89 bits per heavy atom. The third kappa shape index (κ3) is 2.90. The van der Waals surface area contributed by atoms with Crippen molar-refractivity contribution >= 4 is 0 Å². The maximum absolute atomic E-state index is 4.09. The summed E-state index contributed by atoms with van der Waals surface area (Å²) in [5.41, 5.74) is 1.56. The van der Waals surface area contributed by atoms with Crippen molar-refractivity contribution in [2.75, 3.05) is 20.1 Å². The first-order chi connectivity index (χ1) is 8.64. The van der Waals surface area contributed by atoms with Gasteiger partial charge in [-0.05, 0) is 70.9 Å². The highest BCUT2D eigenvalue weighted by Crippen LogP contribution is 2.26. The second kappa shape index (κ2) is 5.81. The average molecular weight is 247 g/mol. The van der Waals surface area contributed by atoms with E-state index in [1.54, 1.807) is 0 Å². The van der Waals surface area contributed by atoms with Crippen LogP contribution in [0.25, 0.3) is 0 Å². The molecule has 1 fully saturated rings. The van der Waals surface area contributed by atoms with Gasteiger partial charge in [-0.25, -0.2) is 0 Å². The number of aromatic nitrogens is 1. The Morgan fingerprint density at radius 3 is 2.44 bits per heavy atom. The van der Waals surface area contributed by atoms with Crippen LogP contribution in [-0.4, -0.2) is 41.6 Å². The van der Waals surface area contributed by atoms with E-state index < -0.39 is 0 Å². The lowest BCUT2D eigenvalue weighted by atomic mass is 9.88. The zero-order valence-corrected chi connectivity index (χ0v) is 11.8. The van der Waals surface area contributed by atoms with Crippen LogP contribution in [0.4, 0.5) is 0 Å². The SMILES string of the molecule is CNC(Cc1ccncc1)C(C)(C)N1CCCC1. The van der Waals surface area contributed by atoms with Gasteiger partial charge >= 0.3 is 0 Å². The van der Waals surface area contributed by atoms with Crippen LogP contribution in [0.2, 0.25) is 0 Å². The molecular weight excluding hydrogens is 222 g/mol. The number of nitrogens with zero attached hydrogens (tertiary/aromatic N) is 2. The van der Waals surface area contributed by atoms with E-state index >= 15 is 0 Å². The van der Waals surface area contributed by atoms with Crippen LogP contribution in [0.1, 0.15) is 32.3 Å². The van der Waals surface area contributed by atoms with Gasteiger partial charge in [0.2, 0.25) is 0 Å². The van der Waals surface area contributed by atoms with Crippen molar-refractivity contribution in [3.63, 3.8) is 0 Å². The van der Waals surface area contributed by atoms with E-state index in [1.807, 2.05) is 12.4 Å². The maximum atomic E-state index is 4.09. The van der Waals surface area contributed by atoms with E-state index in [9.17, 15) is 0 Å². The zero-order valence-electron chi connectivity index (χ0n) is 11.8. The second-order valence-electron chi connectivity index (χ2n) is 5.75. The van der Waals surface area contributed by atoms with Gasteiger partial charge in [0.05, 0.1) is 0 Å². The lowest BCUT2D eigenvalue weighted by Crippen LogP contribution is -2.57. The third-order valence-corrected chi connectivity index (χ3v) is 4.31. The fraction of sp³-hybridized carbons (Fsp3) is 0.667. The highest BCUT2D eigenvalue weighted by atomic mass is 15.2. The molecule has 100 valence electrons. The molecular formula is C15H25N3. The highest BCUT2D eigenvalue weighted by molar-refractivity contribution is 5.13. The quantitative estimate of drug-likeness (QED) is 0.863. The number of hydrogen-bond donors (Lipinski definition) is 1. The molecule has 1 unspecified atom stereocenters. The van der Waals surface area contributed by atoms with Crippen LogP contribution in [0.15, 0.2) is 24.5 Å². The molecule has 1 aliphatic heterocycles. The minimum atomic E-state index is 0.203. The highest BCUT2D eigenvalue weighted by Gasteiger charge is 2.35. The van der Waals surface area contributed by atoms with Crippen LogP contribution in [0.3, 0.4) is 0 Å². The van der Waals surface area contributed by atoms with Gasteiger partial charge in [0.1, 0.15) is 0 Å². The number of pyridine rings is 1. The van der Waals surface area contributed by atoms with Crippen LogP contribution >= 0.6 is 0 Å². The van der Waals surface area contributed by atoms with Crippen LogP contribution < -0.4 is 5.32 Å². The number of likely N-dealkylation sites (tertiary alicyclic amines) is 1. The van der Waals surface area contributed by atoms with Gasteiger partial charge in [-0.15, -0.1) is 0 Å². The Morgan fingerprint density at radius 1 is 1.28 bits per heavy atom. The lowest BCUT2D eigenvalue weighted by Gasteiger charge is -2.42. The summed E-state index contributed by atoms with van der Waals surface area (Å²) < 4.78 is 0. The molecule has 18 heavy (non-hydrogen) atoms. The summed E-state index contributed by atoms with van der Waals surface area (Å²) in [6.07, 6.45) is 7.50. The monoisotopic (exact) mass is 247 g/mol. The van der Waals surface area contributed by atoms with E-state index in [1.165, 1.54) is 31.5 Å². The Bertz CT molecular complexity index is 355. The molecule has 0 spiro atoms. The van der Waals surface area contributed by atoms with Crippen LogP contribution in [0, 0.1) is 0 Å². The van der Waals surface area contributed by atoms with E-state index in [0.717, 1.165) is 6.42 Å². The molecule has 0 radical (unpaired) electrons. The van der Waals surface area contributed by atoms with E-state index in [-0.39, 0.29) is 5.54 Å². The van der Waals surface area contributed by atoms with Crippen molar-refractivity contribution in [1.82, 2.24) is 15.2 Å². The van der Waals surface area contributed by atoms with Crippen LogP contribution in [0.5, 0.6) is 0 Å². The fourth-order valence-electron chi connectivity index (χ4n) is 2.97. The molecule has 1 aromatic rings. The maximum Gasteiger partial charge on any atom is 0.0309 e. The molecule has 3 nitrogen and oxygen atoms in total. The summed E-state index contributed by atoms with van der Waals surface area (Å²) in [6.45, 7) is 7.20. The number of hydrogen-bond acceptors (Lipinski definition) is 3. The number of nitrogens with one attached hydrogen (secondary N) is 1. The second-order valence-corrected chi connectivity index (χ2v) is 5.75. The molecule has 1 saturated heterocycles. The summed E-state index contributed by atoms with van der Waals surface area (Å²) in [7, 11) is 2.07. The van der Waals surface area contributed by atoms with Gasteiger partial charge in [0.15, 0.2) is 0 Å². The molecule has 2 rings (SSSR count).